The monoisotopic (exact) mass is 488 g/mol. The van der Waals surface area contributed by atoms with Gasteiger partial charge < -0.3 is 19.9 Å². The highest BCUT2D eigenvalue weighted by molar-refractivity contribution is 6.01. The molecule has 0 aliphatic carbocycles. The van der Waals surface area contributed by atoms with Crippen LogP contribution in [0.2, 0.25) is 0 Å². The Kier molecular flexibility index (Phi) is 7.28. The van der Waals surface area contributed by atoms with E-state index in [0.717, 1.165) is 36.3 Å². The van der Waals surface area contributed by atoms with Crippen molar-refractivity contribution < 1.29 is 14.3 Å². The lowest BCUT2D eigenvalue weighted by Gasteiger charge is -2.33. The summed E-state index contributed by atoms with van der Waals surface area (Å²) in [6.45, 7) is 6.09. The molecule has 2 unspecified atom stereocenters. The Morgan fingerprint density at radius 3 is 2.67 bits per heavy atom. The van der Waals surface area contributed by atoms with Gasteiger partial charge in [-0.1, -0.05) is 48.9 Å². The molecule has 0 aromatic heterocycles. The number of urea groups is 1. The molecule has 0 saturated carbocycles. The van der Waals surface area contributed by atoms with Crippen molar-refractivity contribution in [3.63, 3.8) is 0 Å². The van der Waals surface area contributed by atoms with Crippen molar-refractivity contribution in [3.8, 4) is 5.75 Å². The smallest absolute Gasteiger partial charge is 0.322 e. The van der Waals surface area contributed by atoms with Crippen molar-refractivity contribution in [2.45, 2.75) is 51.3 Å². The molecule has 1 saturated heterocycles. The minimum atomic E-state index is -0.483. The third kappa shape index (κ3) is 5.12. The third-order valence-corrected chi connectivity index (χ3v) is 7.69. The van der Waals surface area contributed by atoms with E-state index in [1.54, 1.807) is 11.9 Å². The highest BCUT2D eigenvalue weighted by atomic mass is 16.5. The van der Waals surface area contributed by atoms with E-state index in [-0.39, 0.29) is 11.9 Å². The van der Waals surface area contributed by atoms with Crippen LogP contribution in [0.4, 0.5) is 4.79 Å². The Hall–Kier alpha value is -3.32. The molecule has 7 heteroatoms. The number of ether oxygens (including phenoxy) is 1. The number of nitrogens with zero attached hydrogens (tertiary/aromatic N) is 3. The Morgan fingerprint density at radius 2 is 1.86 bits per heavy atom. The number of piperidine rings is 1. The van der Waals surface area contributed by atoms with Crippen LogP contribution in [0.5, 0.6) is 5.75 Å². The summed E-state index contributed by atoms with van der Waals surface area (Å²) in [6.07, 6.45) is 4.77. The number of likely N-dealkylation sites (tertiary alicyclic amines) is 1. The minimum Gasteiger partial charge on any atom is -0.489 e. The van der Waals surface area contributed by atoms with Gasteiger partial charge in [-0.15, -0.1) is 0 Å². The Morgan fingerprint density at radius 1 is 1.03 bits per heavy atom. The second kappa shape index (κ2) is 10.7. The highest BCUT2D eigenvalue weighted by Crippen LogP contribution is 2.36. The van der Waals surface area contributed by atoms with Gasteiger partial charge in [0.05, 0.1) is 23.9 Å². The molecule has 0 spiro atoms. The molecular weight excluding hydrogens is 452 g/mol. The van der Waals surface area contributed by atoms with E-state index in [2.05, 4.69) is 17.1 Å². The van der Waals surface area contributed by atoms with Crippen LogP contribution >= 0.6 is 0 Å². The number of carbonyl (C=O) groups is 2. The van der Waals surface area contributed by atoms with Crippen molar-refractivity contribution >= 4 is 11.9 Å². The molecule has 3 aliphatic heterocycles. The number of benzene rings is 2. The summed E-state index contributed by atoms with van der Waals surface area (Å²) in [5, 5.41) is 3.04. The van der Waals surface area contributed by atoms with E-state index >= 15 is 0 Å². The minimum absolute atomic E-state index is 0.0177. The first-order chi connectivity index (χ1) is 17.5. The van der Waals surface area contributed by atoms with Gasteiger partial charge in [-0.2, -0.15) is 0 Å². The molecule has 0 bridgehead atoms. The van der Waals surface area contributed by atoms with Gasteiger partial charge in [-0.05, 0) is 56.0 Å². The fraction of sp³-hybridized carbons (Fsp3) is 0.448. The molecule has 2 aromatic carbocycles. The average molecular weight is 489 g/mol. The molecule has 3 aliphatic rings. The maximum Gasteiger partial charge on any atom is 0.322 e. The van der Waals surface area contributed by atoms with Crippen molar-refractivity contribution in [3.05, 3.63) is 77.0 Å². The van der Waals surface area contributed by atoms with Crippen LogP contribution in [-0.4, -0.2) is 65.9 Å². The molecule has 1 N–H and O–H groups in total. The molecule has 2 atom stereocenters. The van der Waals surface area contributed by atoms with E-state index in [9.17, 15) is 9.59 Å². The van der Waals surface area contributed by atoms with E-state index in [1.807, 2.05) is 59.5 Å². The molecule has 7 nitrogen and oxygen atoms in total. The van der Waals surface area contributed by atoms with Crippen LogP contribution in [0.25, 0.3) is 0 Å². The highest BCUT2D eigenvalue weighted by Gasteiger charge is 2.42. The van der Waals surface area contributed by atoms with Crippen LogP contribution in [0.15, 0.2) is 65.9 Å². The summed E-state index contributed by atoms with van der Waals surface area (Å²) < 4.78 is 6.01. The van der Waals surface area contributed by atoms with Crippen LogP contribution in [0.1, 0.15) is 49.8 Å². The number of hydrogen-bond donors (Lipinski definition) is 1. The van der Waals surface area contributed by atoms with Crippen molar-refractivity contribution in [2.24, 2.45) is 0 Å². The van der Waals surface area contributed by atoms with Gasteiger partial charge in [0, 0.05) is 26.2 Å². The predicted octanol–water partition coefficient (Wildman–Crippen LogP) is 4.32. The standard InChI is InChI=1S/C29H36N4O3/c1-21-10-6-7-15-32(21)16-9-17-33-19-25-26(28(33)34)27(30-29(35)31(25)2)23-13-8-14-24(18-23)36-20-22-11-4-3-5-12-22/h3-5,8,11-14,18,21,27H,6-7,9-10,15-17,19-20H2,1-2H3,(H,30,35). The molecule has 190 valence electrons. The Bertz CT molecular complexity index is 1130. The van der Waals surface area contributed by atoms with E-state index in [1.165, 1.54) is 19.3 Å². The summed E-state index contributed by atoms with van der Waals surface area (Å²) in [5.41, 5.74) is 3.41. The van der Waals surface area contributed by atoms with Gasteiger partial charge in [0.25, 0.3) is 5.91 Å². The number of carbonyl (C=O) groups excluding carboxylic acids is 2. The summed E-state index contributed by atoms with van der Waals surface area (Å²) in [5.74, 6) is 0.730. The molecule has 3 heterocycles. The number of nitrogens with one attached hydrogen (secondary N) is 1. The maximum atomic E-state index is 13.6. The number of amides is 3. The second-order valence-corrected chi connectivity index (χ2v) is 10.1. The molecular formula is C29H36N4O3. The van der Waals surface area contributed by atoms with Gasteiger partial charge in [-0.3, -0.25) is 9.69 Å². The molecule has 5 rings (SSSR count). The fourth-order valence-electron chi connectivity index (χ4n) is 5.53. The molecule has 2 aromatic rings. The summed E-state index contributed by atoms with van der Waals surface area (Å²) in [4.78, 5) is 32.4. The number of likely N-dealkylation sites (N-methyl/N-ethyl adjacent to an activating group) is 1. The lowest BCUT2D eigenvalue weighted by molar-refractivity contribution is -0.125. The van der Waals surface area contributed by atoms with Gasteiger partial charge >= 0.3 is 6.03 Å². The van der Waals surface area contributed by atoms with Crippen molar-refractivity contribution in [1.82, 2.24) is 20.0 Å². The molecule has 1 fully saturated rings. The normalized spacial score (nSPS) is 22.6. The molecule has 3 amide bonds. The quantitative estimate of drug-likeness (QED) is 0.601. The first-order valence-electron chi connectivity index (χ1n) is 13.1. The summed E-state index contributed by atoms with van der Waals surface area (Å²) in [7, 11) is 1.74. The van der Waals surface area contributed by atoms with E-state index < -0.39 is 6.04 Å². The second-order valence-electron chi connectivity index (χ2n) is 10.1. The SMILES string of the molecule is CC1CCCCN1CCCN1CC2=C(C1=O)C(c1cccc(OCc3ccccc3)c1)NC(=O)N2C. The Labute approximate surface area is 213 Å². The van der Waals surface area contributed by atoms with Crippen molar-refractivity contribution in [2.75, 3.05) is 33.2 Å². The zero-order chi connectivity index (χ0) is 25.1. The first-order valence-corrected chi connectivity index (χ1v) is 13.1. The topological polar surface area (TPSA) is 65.1 Å². The van der Waals surface area contributed by atoms with Crippen LogP contribution in [0, 0.1) is 0 Å². The lowest BCUT2D eigenvalue weighted by atomic mass is 9.95. The zero-order valence-electron chi connectivity index (χ0n) is 21.3. The number of hydrogen-bond acceptors (Lipinski definition) is 4. The third-order valence-electron chi connectivity index (χ3n) is 7.69. The van der Waals surface area contributed by atoms with E-state index in [4.69, 9.17) is 4.74 Å². The van der Waals surface area contributed by atoms with Crippen molar-refractivity contribution in [1.29, 1.82) is 0 Å². The predicted molar refractivity (Wildman–Crippen MR) is 139 cm³/mol. The van der Waals surface area contributed by atoms with Crippen LogP contribution in [-0.2, 0) is 11.4 Å². The summed E-state index contributed by atoms with van der Waals surface area (Å²) >= 11 is 0. The average Bonchev–Trinajstić information content (AvgIpc) is 3.23. The van der Waals surface area contributed by atoms with Crippen LogP contribution in [0.3, 0.4) is 0 Å². The maximum absolute atomic E-state index is 13.6. The first kappa shape index (κ1) is 24.4. The molecule has 36 heavy (non-hydrogen) atoms. The van der Waals surface area contributed by atoms with Gasteiger partial charge in [-0.25, -0.2) is 4.79 Å². The fourth-order valence-corrected chi connectivity index (χ4v) is 5.53. The molecule has 0 radical (unpaired) electrons. The summed E-state index contributed by atoms with van der Waals surface area (Å²) in [6, 6.07) is 17.6. The zero-order valence-corrected chi connectivity index (χ0v) is 21.3. The van der Waals surface area contributed by atoms with Gasteiger partial charge in [0.2, 0.25) is 0 Å². The van der Waals surface area contributed by atoms with E-state index in [0.29, 0.717) is 37.1 Å². The number of rotatable bonds is 8. The van der Waals surface area contributed by atoms with Crippen LogP contribution < -0.4 is 10.1 Å². The Balaban J connectivity index is 1.28. The van der Waals surface area contributed by atoms with Gasteiger partial charge in [0.1, 0.15) is 12.4 Å². The largest absolute Gasteiger partial charge is 0.489 e. The van der Waals surface area contributed by atoms with Gasteiger partial charge in [0.15, 0.2) is 0 Å². The lowest BCUT2D eigenvalue weighted by Crippen LogP contribution is -2.45.